The summed E-state index contributed by atoms with van der Waals surface area (Å²) >= 11 is 6.02. The third-order valence-electron chi connectivity index (χ3n) is 4.24. The third kappa shape index (κ3) is 4.03. The molecular weight excluding hydrogens is 324 g/mol. The molecule has 2 heterocycles. The topological polar surface area (TPSA) is 58.1 Å². The highest BCUT2D eigenvalue weighted by atomic mass is 35.5. The van der Waals surface area contributed by atoms with Crippen molar-refractivity contribution in [3.8, 4) is 0 Å². The van der Waals surface area contributed by atoms with Crippen LogP contribution in [0.3, 0.4) is 0 Å². The number of anilines is 2. The van der Waals surface area contributed by atoms with E-state index in [2.05, 4.69) is 15.5 Å². The summed E-state index contributed by atoms with van der Waals surface area (Å²) in [5, 5.41) is 12.1. The van der Waals surface area contributed by atoms with Gasteiger partial charge in [-0.1, -0.05) is 30.5 Å². The van der Waals surface area contributed by atoms with Gasteiger partial charge in [0.2, 0.25) is 0 Å². The third-order valence-corrected chi connectivity index (χ3v) is 4.47. The van der Waals surface area contributed by atoms with Gasteiger partial charge in [0, 0.05) is 23.8 Å². The first-order valence-electron chi connectivity index (χ1n) is 8.30. The van der Waals surface area contributed by atoms with Gasteiger partial charge in [-0.25, -0.2) is 0 Å². The second-order valence-electron chi connectivity index (χ2n) is 6.09. The first kappa shape index (κ1) is 16.7. The number of aromatic nitrogens is 2. The zero-order chi connectivity index (χ0) is 16.9. The van der Waals surface area contributed by atoms with Gasteiger partial charge < -0.3 is 10.2 Å². The summed E-state index contributed by atoms with van der Waals surface area (Å²) in [5.74, 6) is 0.558. The first-order valence-corrected chi connectivity index (χ1v) is 8.67. The van der Waals surface area contributed by atoms with E-state index in [1.165, 1.54) is 12.8 Å². The quantitative estimate of drug-likeness (QED) is 0.906. The molecule has 1 N–H and O–H groups in total. The lowest BCUT2D eigenvalue weighted by Crippen LogP contribution is -2.32. The highest BCUT2D eigenvalue weighted by Gasteiger charge is 2.18. The number of amides is 1. The average Bonchev–Trinajstić information content (AvgIpc) is 2.87. The average molecular weight is 345 g/mol. The number of benzene rings is 1. The van der Waals surface area contributed by atoms with E-state index >= 15 is 0 Å². The Morgan fingerprint density at radius 3 is 2.50 bits per heavy atom. The molecule has 0 radical (unpaired) electrons. The Labute approximate surface area is 147 Å². The normalized spacial score (nSPS) is 15.0. The van der Waals surface area contributed by atoms with Crippen molar-refractivity contribution >= 4 is 29.0 Å². The zero-order valence-corrected chi connectivity index (χ0v) is 14.5. The second-order valence-corrected chi connectivity index (χ2v) is 6.53. The molecule has 1 aliphatic heterocycles. The van der Waals surface area contributed by atoms with E-state index in [1.807, 2.05) is 30.0 Å². The monoisotopic (exact) mass is 344 g/mol. The van der Waals surface area contributed by atoms with Gasteiger partial charge in [0.1, 0.15) is 0 Å². The molecule has 1 aromatic heterocycles. The van der Waals surface area contributed by atoms with Crippen LogP contribution < -0.4 is 5.32 Å². The molecule has 1 saturated heterocycles. The summed E-state index contributed by atoms with van der Waals surface area (Å²) < 4.78 is 0. The molecule has 24 heavy (non-hydrogen) atoms. The van der Waals surface area contributed by atoms with E-state index in [0.717, 1.165) is 37.2 Å². The van der Waals surface area contributed by atoms with Crippen molar-refractivity contribution in [3.63, 3.8) is 0 Å². The van der Waals surface area contributed by atoms with Crippen LogP contribution >= 0.6 is 11.6 Å². The van der Waals surface area contributed by atoms with E-state index < -0.39 is 0 Å². The number of rotatable bonds is 3. The molecule has 5 nitrogen and oxygen atoms in total. The number of carbonyl (C=O) groups excluding carboxylic acids is 1. The Morgan fingerprint density at radius 2 is 1.83 bits per heavy atom. The van der Waals surface area contributed by atoms with Crippen molar-refractivity contribution < 1.29 is 4.79 Å². The predicted octanol–water partition coefficient (Wildman–Crippen LogP) is 4.20. The van der Waals surface area contributed by atoms with E-state index in [9.17, 15) is 4.79 Å². The van der Waals surface area contributed by atoms with Gasteiger partial charge >= 0.3 is 0 Å². The number of likely N-dealkylation sites (tertiary alicyclic amines) is 1. The Morgan fingerprint density at radius 1 is 1.08 bits per heavy atom. The van der Waals surface area contributed by atoms with Crippen molar-refractivity contribution in [3.05, 3.63) is 46.6 Å². The highest BCUT2D eigenvalue weighted by molar-refractivity contribution is 6.30. The van der Waals surface area contributed by atoms with E-state index in [0.29, 0.717) is 16.5 Å². The summed E-state index contributed by atoms with van der Waals surface area (Å²) in [6.07, 6.45) is 4.51. The van der Waals surface area contributed by atoms with Crippen LogP contribution in [0.25, 0.3) is 0 Å². The lowest BCUT2D eigenvalue weighted by molar-refractivity contribution is 0.0754. The standard InChI is InChI=1S/C18H21ClN4O/c1-13-6-7-14(19)12-16(13)20-17-9-8-15(21-22-17)18(24)23-10-4-2-3-5-11-23/h6-9,12H,2-5,10-11H2,1H3,(H,20,22). The number of aryl methyl sites for hydroxylation is 1. The predicted molar refractivity (Wildman–Crippen MR) is 95.9 cm³/mol. The number of nitrogens with one attached hydrogen (secondary N) is 1. The first-order chi connectivity index (χ1) is 11.6. The molecule has 1 fully saturated rings. The fraction of sp³-hybridized carbons (Fsp3) is 0.389. The molecule has 0 unspecified atom stereocenters. The molecule has 2 aromatic rings. The smallest absolute Gasteiger partial charge is 0.274 e. The summed E-state index contributed by atoms with van der Waals surface area (Å²) in [6, 6.07) is 9.13. The van der Waals surface area contributed by atoms with Gasteiger partial charge in [-0.15, -0.1) is 10.2 Å². The van der Waals surface area contributed by atoms with Crippen LogP contribution in [0.1, 0.15) is 41.7 Å². The maximum Gasteiger partial charge on any atom is 0.274 e. The molecule has 1 aliphatic rings. The van der Waals surface area contributed by atoms with Gasteiger partial charge in [0.25, 0.3) is 5.91 Å². The van der Waals surface area contributed by atoms with Crippen molar-refractivity contribution in [1.29, 1.82) is 0 Å². The van der Waals surface area contributed by atoms with Crippen LogP contribution in [0.15, 0.2) is 30.3 Å². The van der Waals surface area contributed by atoms with Crippen LogP contribution in [0, 0.1) is 6.92 Å². The van der Waals surface area contributed by atoms with Crippen molar-refractivity contribution in [1.82, 2.24) is 15.1 Å². The maximum atomic E-state index is 12.5. The Hall–Kier alpha value is -2.14. The second kappa shape index (κ2) is 7.62. The SMILES string of the molecule is Cc1ccc(Cl)cc1Nc1ccc(C(=O)N2CCCCCC2)nn1. The van der Waals surface area contributed by atoms with Crippen molar-refractivity contribution in [2.45, 2.75) is 32.6 Å². The molecule has 0 saturated carbocycles. The molecule has 0 atom stereocenters. The van der Waals surface area contributed by atoms with Crippen LogP contribution in [-0.4, -0.2) is 34.1 Å². The van der Waals surface area contributed by atoms with E-state index in [1.54, 1.807) is 12.1 Å². The Kier molecular flexibility index (Phi) is 5.30. The fourth-order valence-corrected chi connectivity index (χ4v) is 2.99. The lowest BCUT2D eigenvalue weighted by atomic mass is 10.2. The fourth-order valence-electron chi connectivity index (χ4n) is 2.82. The van der Waals surface area contributed by atoms with Gasteiger partial charge in [-0.05, 0) is 49.6 Å². The largest absolute Gasteiger partial charge is 0.338 e. The number of hydrogen-bond acceptors (Lipinski definition) is 4. The van der Waals surface area contributed by atoms with Crippen LogP contribution in [-0.2, 0) is 0 Å². The zero-order valence-electron chi connectivity index (χ0n) is 13.8. The molecular formula is C18H21ClN4O. The maximum absolute atomic E-state index is 12.5. The minimum absolute atomic E-state index is 0.0325. The number of carbonyl (C=O) groups is 1. The van der Waals surface area contributed by atoms with Crippen LogP contribution in [0.4, 0.5) is 11.5 Å². The summed E-state index contributed by atoms with van der Waals surface area (Å²) in [5.41, 5.74) is 2.33. The molecule has 6 heteroatoms. The van der Waals surface area contributed by atoms with Gasteiger partial charge in [0.05, 0.1) is 0 Å². The van der Waals surface area contributed by atoms with Gasteiger partial charge in [-0.3, -0.25) is 4.79 Å². The Balaban J connectivity index is 1.70. The van der Waals surface area contributed by atoms with Gasteiger partial charge in [0.15, 0.2) is 11.5 Å². The van der Waals surface area contributed by atoms with Crippen molar-refractivity contribution in [2.24, 2.45) is 0 Å². The number of nitrogens with zero attached hydrogens (tertiary/aromatic N) is 3. The lowest BCUT2D eigenvalue weighted by Gasteiger charge is -2.19. The minimum Gasteiger partial charge on any atom is -0.338 e. The molecule has 0 aliphatic carbocycles. The van der Waals surface area contributed by atoms with Crippen LogP contribution in [0.2, 0.25) is 5.02 Å². The van der Waals surface area contributed by atoms with Gasteiger partial charge in [-0.2, -0.15) is 0 Å². The molecule has 0 spiro atoms. The molecule has 1 aromatic carbocycles. The summed E-state index contributed by atoms with van der Waals surface area (Å²) in [7, 11) is 0. The van der Waals surface area contributed by atoms with Crippen molar-refractivity contribution in [2.75, 3.05) is 18.4 Å². The van der Waals surface area contributed by atoms with E-state index in [4.69, 9.17) is 11.6 Å². The summed E-state index contributed by atoms with van der Waals surface area (Å²) in [6.45, 7) is 3.60. The van der Waals surface area contributed by atoms with Crippen LogP contribution in [0.5, 0.6) is 0 Å². The number of hydrogen-bond donors (Lipinski definition) is 1. The number of halogens is 1. The van der Waals surface area contributed by atoms with E-state index in [-0.39, 0.29) is 5.91 Å². The molecule has 1 amide bonds. The Bertz CT molecular complexity index is 709. The minimum atomic E-state index is -0.0325. The molecule has 126 valence electrons. The molecule has 0 bridgehead atoms. The molecule has 3 rings (SSSR count). The summed E-state index contributed by atoms with van der Waals surface area (Å²) in [4.78, 5) is 14.4. The highest BCUT2D eigenvalue weighted by Crippen LogP contribution is 2.23.